The molecule has 2 aromatic rings. The quantitative estimate of drug-likeness (QED) is 0.757. The lowest BCUT2D eigenvalue weighted by Crippen LogP contribution is -2.27. The second kappa shape index (κ2) is 7.96. The van der Waals surface area contributed by atoms with E-state index >= 15 is 0 Å². The molecule has 2 rings (SSSR count). The van der Waals surface area contributed by atoms with Gasteiger partial charge in [0.15, 0.2) is 5.76 Å². The van der Waals surface area contributed by atoms with Crippen LogP contribution in [0.3, 0.4) is 0 Å². The SMILES string of the molecule is CC(=O)Nc1cccc(NC(=O)CCNC(=O)c2ccco2)c1C. The van der Waals surface area contributed by atoms with Crippen LogP contribution in [0.15, 0.2) is 41.0 Å². The van der Waals surface area contributed by atoms with Crippen LogP contribution in [0, 0.1) is 6.92 Å². The van der Waals surface area contributed by atoms with Gasteiger partial charge < -0.3 is 20.4 Å². The van der Waals surface area contributed by atoms with Crippen LogP contribution in [-0.4, -0.2) is 24.3 Å². The number of anilines is 2. The fraction of sp³-hybridized carbons (Fsp3) is 0.235. The lowest BCUT2D eigenvalue weighted by molar-refractivity contribution is -0.116. The number of nitrogens with one attached hydrogen (secondary N) is 3. The van der Waals surface area contributed by atoms with Gasteiger partial charge in [0.25, 0.3) is 5.91 Å². The highest BCUT2D eigenvalue weighted by molar-refractivity contribution is 5.96. The molecule has 0 spiro atoms. The maximum absolute atomic E-state index is 12.0. The highest BCUT2D eigenvalue weighted by atomic mass is 16.3. The van der Waals surface area contributed by atoms with Gasteiger partial charge in [0.1, 0.15) is 0 Å². The van der Waals surface area contributed by atoms with E-state index < -0.39 is 0 Å². The molecule has 126 valence electrons. The Balaban J connectivity index is 1.86. The molecule has 0 aliphatic heterocycles. The zero-order valence-electron chi connectivity index (χ0n) is 13.5. The number of furan rings is 1. The van der Waals surface area contributed by atoms with Gasteiger partial charge >= 0.3 is 0 Å². The molecule has 0 fully saturated rings. The van der Waals surface area contributed by atoms with E-state index in [0.29, 0.717) is 11.4 Å². The van der Waals surface area contributed by atoms with Gasteiger partial charge in [-0.1, -0.05) is 6.07 Å². The highest BCUT2D eigenvalue weighted by Crippen LogP contribution is 2.23. The molecule has 1 aromatic heterocycles. The van der Waals surface area contributed by atoms with Crippen molar-refractivity contribution in [2.75, 3.05) is 17.2 Å². The molecule has 0 radical (unpaired) electrons. The van der Waals surface area contributed by atoms with Crippen LogP contribution in [0.2, 0.25) is 0 Å². The Kier molecular flexibility index (Phi) is 5.73. The first-order valence-corrected chi connectivity index (χ1v) is 7.46. The van der Waals surface area contributed by atoms with Crippen molar-refractivity contribution in [1.29, 1.82) is 0 Å². The summed E-state index contributed by atoms with van der Waals surface area (Å²) in [4.78, 5) is 34.8. The molecule has 0 unspecified atom stereocenters. The first-order chi connectivity index (χ1) is 11.5. The normalized spacial score (nSPS) is 10.1. The molecule has 0 saturated carbocycles. The van der Waals surface area contributed by atoms with Crippen LogP contribution in [0.5, 0.6) is 0 Å². The van der Waals surface area contributed by atoms with Crippen molar-refractivity contribution in [3.05, 3.63) is 47.9 Å². The standard InChI is InChI=1S/C17H19N3O4/c1-11-13(19-12(2)21)5-3-6-14(11)20-16(22)8-9-18-17(23)15-7-4-10-24-15/h3-7,10H,8-9H2,1-2H3,(H,18,23)(H,19,21)(H,20,22). The number of amides is 3. The van der Waals surface area contributed by atoms with E-state index in [0.717, 1.165) is 5.56 Å². The van der Waals surface area contributed by atoms with Crippen LogP contribution >= 0.6 is 0 Å². The zero-order chi connectivity index (χ0) is 17.5. The van der Waals surface area contributed by atoms with Crippen LogP contribution < -0.4 is 16.0 Å². The van der Waals surface area contributed by atoms with E-state index in [1.165, 1.54) is 13.2 Å². The lowest BCUT2D eigenvalue weighted by atomic mass is 10.1. The van der Waals surface area contributed by atoms with Gasteiger partial charge in [0.2, 0.25) is 11.8 Å². The Morgan fingerprint density at radius 1 is 1.04 bits per heavy atom. The first-order valence-electron chi connectivity index (χ1n) is 7.46. The fourth-order valence-corrected chi connectivity index (χ4v) is 2.09. The average Bonchev–Trinajstić information content (AvgIpc) is 3.05. The van der Waals surface area contributed by atoms with Crippen molar-refractivity contribution in [3.63, 3.8) is 0 Å². The number of benzene rings is 1. The summed E-state index contributed by atoms with van der Waals surface area (Å²) in [5, 5.41) is 8.07. The molecule has 0 saturated heterocycles. The van der Waals surface area contributed by atoms with E-state index in [1.54, 1.807) is 37.3 Å². The van der Waals surface area contributed by atoms with Crippen LogP contribution in [0.25, 0.3) is 0 Å². The van der Waals surface area contributed by atoms with Crippen LogP contribution in [-0.2, 0) is 9.59 Å². The Hall–Kier alpha value is -3.09. The van der Waals surface area contributed by atoms with Crippen molar-refractivity contribution in [3.8, 4) is 0 Å². The molecule has 1 heterocycles. The van der Waals surface area contributed by atoms with Crippen LogP contribution in [0.1, 0.15) is 29.5 Å². The average molecular weight is 329 g/mol. The smallest absolute Gasteiger partial charge is 0.286 e. The molecule has 0 atom stereocenters. The minimum Gasteiger partial charge on any atom is -0.459 e. The van der Waals surface area contributed by atoms with Crippen molar-refractivity contribution in [1.82, 2.24) is 5.32 Å². The van der Waals surface area contributed by atoms with Gasteiger partial charge in [-0.3, -0.25) is 14.4 Å². The first kappa shape index (κ1) is 17.3. The molecule has 0 bridgehead atoms. The Morgan fingerprint density at radius 2 is 1.75 bits per heavy atom. The summed E-state index contributed by atoms with van der Waals surface area (Å²) >= 11 is 0. The van der Waals surface area contributed by atoms with Crippen molar-refractivity contribution in [2.24, 2.45) is 0 Å². The number of hydrogen-bond acceptors (Lipinski definition) is 4. The Bertz CT molecular complexity index is 738. The van der Waals surface area contributed by atoms with Gasteiger partial charge in [0.05, 0.1) is 6.26 Å². The molecular weight excluding hydrogens is 310 g/mol. The maximum Gasteiger partial charge on any atom is 0.286 e. The second-order valence-corrected chi connectivity index (χ2v) is 5.19. The molecule has 3 N–H and O–H groups in total. The Labute approximate surface area is 139 Å². The molecule has 0 aliphatic rings. The van der Waals surface area contributed by atoms with Gasteiger partial charge in [-0.15, -0.1) is 0 Å². The van der Waals surface area contributed by atoms with Crippen LogP contribution in [0.4, 0.5) is 11.4 Å². The van der Waals surface area contributed by atoms with Gasteiger partial charge in [-0.2, -0.15) is 0 Å². The molecule has 1 aromatic carbocycles. The van der Waals surface area contributed by atoms with Gasteiger partial charge in [-0.25, -0.2) is 0 Å². The van der Waals surface area contributed by atoms with E-state index in [2.05, 4.69) is 16.0 Å². The summed E-state index contributed by atoms with van der Waals surface area (Å²) < 4.78 is 4.96. The third-order valence-corrected chi connectivity index (χ3v) is 3.30. The Morgan fingerprint density at radius 3 is 2.38 bits per heavy atom. The minimum atomic E-state index is -0.364. The number of hydrogen-bond donors (Lipinski definition) is 3. The lowest BCUT2D eigenvalue weighted by Gasteiger charge is -2.12. The summed E-state index contributed by atoms with van der Waals surface area (Å²) in [6, 6.07) is 8.42. The molecule has 3 amide bonds. The zero-order valence-corrected chi connectivity index (χ0v) is 13.5. The predicted molar refractivity (Wildman–Crippen MR) is 89.8 cm³/mol. The summed E-state index contributed by atoms with van der Waals surface area (Å²) in [7, 11) is 0. The molecule has 7 nitrogen and oxygen atoms in total. The summed E-state index contributed by atoms with van der Waals surface area (Å²) in [6.07, 6.45) is 1.53. The summed E-state index contributed by atoms with van der Waals surface area (Å²) in [5.41, 5.74) is 2.02. The number of carbonyl (C=O) groups is 3. The van der Waals surface area contributed by atoms with Gasteiger partial charge in [0, 0.05) is 31.3 Å². The van der Waals surface area contributed by atoms with Crippen molar-refractivity contribution in [2.45, 2.75) is 20.3 Å². The van der Waals surface area contributed by atoms with E-state index in [-0.39, 0.29) is 36.4 Å². The van der Waals surface area contributed by atoms with E-state index in [4.69, 9.17) is 4.42 Å². The number of carbonyl (C=O) groups excluding carboxylic acids is 3. The highest BCUT2D eigenvalue weighted by Gasteiger charge is 2.11. The summed E-state index contributed by atoms with van der Waals surface area (Å²) in [5.74, 6) is -0.578. The monoisotopic (exact) mass is 329 g/mol. The topological polar surface area (TPSA) is 100 Å². The maximum atomic E-state index is 12.0. The van der Waals surface area contributed by atoms with Crippen molar-refractivity contribution < 1.29 is 18.8 Å². The van der Waals surface area contributed by atoms with E-state index in [9.17, 15) is 14.4 Å². The molecule has 24 heavy (non-hydrogen) atoms. The number of rotatable bonds is 6. The fourth-order valence-electron chi connectivity index (χ4n) is 2.09. The predicted octanol–water partition coefficient (Wildman–Crippen LogP) is 2.31. The molecule has 0 aliphatic carbocycles. The third-order valence-electron chi connectivity index (χ3n) is 3.30. The minimum absolute atomic E-state index is 0.121. The van der Waals surface area contributed by atoms with Crippen molar-refractivity contribution >= 4 is 29.1 Å². The van der Waals surface area contributed by atoms with E-state index in [1.807, 2.05) is 0 Å². The third kappa shape index (κ3) is 4.70. The molecule has 7 heteroatoms. The largest absolute Gasteiger partial charge is 0.459 e. The molecular formula is C17H19N3O4. The van der Waals surface area contributed by atoms with Gasteiger partial charge in [-0.05, 0) is 36.8 Å². The summed E-state index contributed by atoms with van der Waals surface area (Å²) in [6.45, 7) is 3.42. The second-order valence-electron chi connectivity index (χ2n) is 5.19.